The quantitative estimate of drug-likeness (QED) is 0.804. The first-order valence-electron chi connectivity index (χ1n) is 7.54. The van der Waals surface area contributed by atoms with Gasteiger partial charge in [-0.1, -0.05) is 0 Å². The zero-order chi connectivity index (χ0) is 17.0. The molecule has 1 aromatic rings. The SMILES string of the molecule is CC1(C)OB(c2cncc(OC3CC3)c2S(N)(=O)=O)OC1(C)C. The average molecular weight is 340 g/mol. The fourth-order valence-corrected chi connectivity index (χ4v) is 3.20. The van der Waals surface area contributed by atoms with Crippen molar-refractivity contribution in [1.29, 1.82) is 0 Å². The number of rotatable bonds is 4. The summed E-state index contributed by atoms with van der Waals surface area (Å²) < 4.78 is 41.7. The van der Waals surface area contributed by atoms with Crippen LogP contribution in [-0.4, -0.2) is 37.8 Å². The van der Waals surface area contributed by atoms with Gasteiger partial charge in [-0.2, -0.15) is 0 Å². The minimum atomic E-state index is -4.02. The highest BCUT2D eigenvalue weighted by molar-refractivity contribution is 7.89. The van der Waals surface area contributed by atoms with E-state index in [-0.39, 0.29) is 22.2 Å². The molecule has 0 aromatic carbocycles. The third-order valence-electron chi connectivity index (χ3n) is 4.50. The second-order valence-corrected chi connectivity index (χ2v) is 8.50. The van der Waals surface area contributed by atoms with E-state index in [1.54, 1.807) is 0 Å². The van der Waals surface area contributed by atoms with Crippen LogP contribution in [0, 0.1) is 0 Å². The zero-order valence-corrected chi connectivity index (χ0v) is 14.5. The number of aromatic nitrogens is 1. The molecule has 9 heteroatoms. The van der Waals surface area contributed by atoms with Crippen molar-refractivity contribution in [3.05, 3.63) is 12.4 Å². The smallest absolute Gasteiger partial charge is 0.487 e. The van der Waals surface area contributed by atoms with Crippen LogP contribution in [0.3, 0.4) is 0 Å². The minimum absolute atomic E-state index is 0.0193. The van der Waals surface area contributed by atoms with E-state index in [0.29, 0.717) is 0 Å². The topological polar surface area (TPSA) is 101 Å². The van der Waals surface area contributed by atoms with Gasteiger partial charge in [-0.05, 0) is 40.5 Å². The Morgan fingerprint density at radius 1 is 1.22 bits per heavy atom. The summed E-state index contributed by atoms with van der Waals surface area (Å²) in [5.41, 5.74) is -0.925. The lowest BCUT2D eigenvalue weighted by molar-refractivity contribution is 0.00578. The molecule has 0 radical (unpaired) electrons. The maximum atomic E-state index is 12.1. The summed E-state index contributed by atoms with van der Waals surface area (Å²) in [6.45, 7) is 7.56. The lowest BCUT2D eigenvalue weighted by Crippen LogP contribution is -2.41. The molecule has 0 bridgehead atoms. The first kappa shape index (κ1) is 16.7. The van der Waals surface area contributed by atoms with Crippen molar-refractivity contribution in [3.8, 4) is 5.75 Å². The number of ether oxygens (including phenoxy) is 1. The van der Waals surface area contributed by atoms with E-state index in [1.807, 2.05) is 27.7 Å². The maximum absolute atomic E-state index is 12.1. The van der Waals surface area contributed by atoms with Gasteiger partial charge in [0, 0.05) is 11.7 Å². The van der Waals surface area contributed by atoms with E-state index in [4.69, 9.17) is 19.2 Å². The normalized spacial score (nSPS) is 23.1. The van der Waals surface area contributed by atoms with E-state index in [9.17, 15) is 8.42 Å². The van der Waals surface area contributed by atoms with E-state index in [0.717, 1.165) is 12.8 Å². The Bertz CT molecular complexity index is 715. The Morgan fingerprint density at radius 3 is 2.26 bits per heavy atom. The molecular formula is C14H21BN2O5S. The molecule has 3 rings (SSSR count). The third-order valence-corrected chi connectivity index (χ3v) is 5.51. The van der Waals surface area contributed by atoms with Gasteiger partial charge in [0.25, 0.3) is 0 Å². The first-order chi connectivity index (χ1) is 10.5. The largest absolute Gasteiger partial charge is 0.497 e. The monoisotopic (exact) mass is 340 g/mol. The summed E-state index contributed by atoms with van der Waals surface area (Å²) in [6.07, 6.45) is 4.58. The molecule has 0 spiro atoms. The molecular weight excluding hydrogens is 319 g/mol. The van der Waals surface area contributed by atoms with Crippen molar-refractivity contribution >= 4 is 22.6 Å². The van der Waals surface area contributed by atoms with Gasteiger partial charge in [-0.25, -0.2) is 13.6 Å². The van der Waals surface area contributed by atoms with E-state index in [2.05, 4.69) is 4.98 Å². The predicted molar refractivity (Wildman–Crippen MR) is 85.0 cm³/mol. The maximum Gasteiger partial charge on any atom is 0.497 e. The molecule has 1 saturated carbocycles. The molecule has 0 atom stereocenters. The van der Waals surface area contributed by atoms with E-state index in [1.165, 1.54) is 12.4 Å². The van der Waals surface area contributed by atoms with Crippen LogP contribution >= 0.6 is 0 Å². The molecule has 1 aliphatic carbocycles. The summed E-state index contributed by atoms with van der Waals surface area (Å²) in [7, 11) is -4.89. The highest BCUT2D eigenvalue weighted by atomic mass is 32.2. The van der Waals surface area contributed by atoms with Crippen molar-refractivity contribution < 1.29 is 22.5 Å². The van der Waals surface area contributed by atoms with Crippen molar-refractivity contribution in [1.82, 2.24) is 4.98 Å². The number of pyridine rings is 1. The van der Waals surface area contributed by atoms with Crippen LogP contribution in [0.15, 0.2) is 17.3 Å². The van der Waals surface area contributed by atoms with Crippen LogP contribution in [0.4, 0.5) is 0 Å². The van der Waals surface area contributed by atoms with E-state index < -0.39 is 28.3 Å². The second kappa shape index (κ2) is 5.17. The first-order valence-corrected chi connectivity index (χ1v) is 9.09. The molecule has 1 aromatic heterocycles. The van der Waals surface area contributed by atoms with Gasteiger partial charge in [0.05, 0.1) is 23.5 Å². The standard InChI is InChI=1S/C14H21BN2O5S/c1-13(2)14(3,4)22-15(21-13)10-7-17-8-11(20-9-5-6-9)12(10)23(16,18)19/h7-9H,5-6H2,1-4H3,(H2,16,18,19). The van der Waals surface area contributed by atoms with Crippen LogP contribution in [0.2, 0.25) is 0 Å². The van der Waals surface area contributed by atoms with Gasteiger partial charge in [0.15, 0.2) is 5.75 Å². The fourth-order valence-electron chi connectivity index (χ4n) is 2.34. The number of nitrogens with two attached hydrogens (primary N) is 1. The molecule has 0 unspecified atom stereocenters. The number of primary sulfonamides is 1. The highest BCUT2D eigenvalue weighted by Crippen LogP contribution is 2.38. The van der Waals surface area contributed by atoms with Gasteiger partial charge < -0.3 is 14.0 Å². The number of hydrogen-bond donors (Lipinski definition) is 1. The predicted octanol–water partition coefficient (Wildman–Crippen LogP) is 0.569. The Kier molecular flexibility index (Phi) is 3.75. The van der Waals surface area contributed by atoms with Crippen molar-refractivity contribution in [2.75, 3.05) is 0 Å². The molecule has 2 heterocycles. The number of nitrogens with zero attached hydrogens (tertiary/aromatic N) is 1. The lowest BCUT2D eigenvalue weighted by atomic mass is 9.80. The van der Waals surface area contributed by atoms with Crippen LogP contribution < -0.4 is 15.3 Å². The van der Waals surface area contributed by atoms with E-state index >= 15 is 0 Å². The van der Waals surface area contributed by atoms with Gasteiger partial charge >= 0.3 is 7.12 Å². The Morgan fingerprint density at radius 2 is 1.78 bits per heavy atom. The van der Waals surface area contributed by atoms with Crippen LogP contribution in [-0.2, 0) is 19.3 Å². The molecule has 7 nitrogen and oxygen atoms in total. The molecule has 2 aliphatic rings. The van der Waals surface area contributed by atoms with Crippen molar-refractivity contribution in [3.63, 3.8) is 0 Å². The Hall–Kier alpha value is -1.16. The molecule has 2 fully saturated rings. The van der Waals surface area contributed by atoms with Gasteiger partial charge in [-0.3, -0.25) is 4.98 Å². The van der Waals surface area contributed by atoms with Crippen molar-refractivity contribution in [2.45, 2.75) is 62.7 Å². The summed E-state index contributed by atoms with van der Waals surface area (Å²) in [4.78, 5) is 3.96. The summed E-state index contributed by atoms with van der Waals surface area (Å²) in [5.74, 6) is 0.155. The lowest BCUT2D eigenvalue weighted by Gasteiger charge is -2.32. The zero-order valence-electron chi connectivity index (χ0n) is 13.7. The molecule has 0 amide bonds. The summed E-state index contributed by atoms with van der Waals surface area (Å²) in [5, 5.41) is 5.41. The van der Waals surface area contributed by atoms with Crippen LogP contribution in [0.25, 0.3) is 0 Å². The Balaban J connectivity index is 2.06. The number of hydrogen-bond acceptors (Lipinski definition) is 6. The fraction of sp³-hybridized carbons (Fsp3) is 0.643. The summed E-state index contributed by atoms with van der Waals surface area (Å²) >= 11 is 0. The summed E-state index contributed by atoms with van der Waals surface area (Å²) in [6, 6.07) is 0. The van der Waals surface area contributed by atoms with Gasteiger partial charge in [-0.15, -0.1) is 0 Å². The van der Waals surface area contributed by atoms with Crippen molar-refractivity contribution in [2.24, 2.45) is 5.14 Å². The molecule has 23 heavy (non-hydrogen) atoms. The van der Waals surface area contributed by atoms with Gasteiger partial charge in [0.2, 0.25) is 10.0 Å². The number of sulfonamides is 1. The molecule has 1 aliphatic heterocycles. The van der Waals surface area contributed by atoms with Crippen LogP contribution in [0.5, 0.6) is 5.75 Å². The van der Waals surface area contributed by atoms with Crippen LogP contribution in [0.1, 0.15) is 40.5 Å². The minimum Gasteiger partial charge on any atom is -0.487 e. The highest BCUT2D eigenvalue weighted by Gasteiger charge is 2.53. The Labute approximate surface area is 136 Å². The molecule has 2 N–H and O–H groups in total. The molecule has 1 saturated heterocycles. The molecule has 126 valence electrons. The second-order valence-electron chi connectivity index (χ2n) is 7.01. The van der Waals surface area contributed by atoms with Gasteiger partial charge in [0.1, 0.15) is 4.90 Å². The third kappa shape index (κ3) is 3.10. The average Bonchev–Trinajstić information content (AvgIpc) is 3.15.